The van der Waals surface area contributed by atoms with Gasteiger partial charge in [-0.2, -0.15) is 10.1 Å². The number of hydrogen-bond acceptors (Lipinski definition) is 6. The minimum Gasteiger partial charge on any atom is -0.340 e. The van der Waals surface area contributed by atoms with E-state index in [2.05, 4.69) is 34.4 Å². The number of carbonyl (C=O) groups excluding carboxylic acids is 1. The zero-order valence-electron chi connectivity index (χ0n) is 20.2. The molecule has 8 nitrogen and oxygen atoms in total. The normalized spacial score (nSPS) is 14.8. The maximum atomic E-state index is 13.7. The van der Waals surface area contributed by atoms with Crippen LogP contribution in [0.15, 0.2) is 41.1 Å². The SMILES string of the molecule is Cc1ccccc1-c1cc(C(=O)NC(c2nc(C3CC3)no2)C(C)C)c2cnn(C(C)C)c2n1. The zero-order valence-corrected chi connectivity index (χ0v) is 20.2. The quantitative estimate of drug-likeness (QED) is 0.399. The summed E-state index contributed by atoms with van der Waals surface area (Å²) in [5, 5.41) is 12.5. The lowest BCUT2D eigenvalue weighted by atomic mass is 10.0. The zero-order chi connectivity index (χ0) is 24.0. The summed E-state index contributed by atoms with van der Waals surface area (Å²) in [6, 6.07) is 9.62. The third-order valence-corrected chi connectivity index (χ3v) is 6.34. The van der Waals surface area contributed by atoms with E-state index in [1.807, 2.05) is 55.8 Å². The fourth-order valence-corrected chi connectivity index (χ4v) is 4.20. The molecule has 1 N–H and O–H groups in total. The molecule has 1 aliphatic carbocycles. The van der Waals surface area contributed by atoms with Gasteiger partial charge in [0.25, 0.3) is 5.91 Å². The Bertz CT molecular complexity index is 1350. The number of nitrogens with one attached hydrogen (secondary N) is 1. The number of amides is 1. The molecule has 0 aliphatic heterocycles. The van der Waals surface area contributed by atoms with Crippen LogP contribution in [0.1, 0.15) is 86.2 Å². The molecule has 1 atom stereocenters. The molecule has 1 fully saturated rings. The first-order valence-electron chi connectivity index (χ1n) is 11.9. The minimum atomic E-state index is -0.391. The number of fused-ring (bicyclic) bond motifs is 1. The molecule has 1 amide bonds. The monoisotopic (exact) mass is 458 g/mol. The molecule has 0 radical (unpaired) electrons. The largest absolute Gasteiger partial charge is 0.340 e. The molecule has 1 aromatic carbocycles. The average molecular weight is 459 g/mol. The van der Waals surface area contributed by atoms with Gasteiger partial charge in [0, 0.05) is 17.5 Å². The van der Waals surface area contributed by atoms with Gasteiger partial charge in [-0.15, -0.1) is 0 Å². The van der Waals surface area contributed by atoms with Gasteiger partial charge in [-0.3, -0.25) is 4.79 Å². The Balaban J connectivity index is 1.57. The Kier molecular flexibility index (Phi) is 5.67. The average Bonchev–Trinajstić information content (AvgIpc) is 3.38. The summed E-state index contributed by atoms with van der Waals surface area (Å²) in [6.45, 7) is 10.2. The van der Waals surface area contributed by atoms with Crippen LogP contribution in [0.5, 0.6) is 0 Å². The second-order valence-electron chi connectivity index (χ2n) is 9.75. The van der Waals surface area contributed by atoms with Gasteiger partial charge in [-0.1, -0.05) is 43.3 Å². The molecule has 0 saturated heterocycles. The highest BCUT2D eigenvalue weighted by atomic mass is 16.5. The number of hydrogen-bond donors (Lipinski definition) is 1. The summed E-state index contributed by atoms with van der Waals surface area (Å²) in [5.74, 6) is 1.44. The number of aryl methyl sites for hydroxylation is 1. The van der Waals surface area contributed by atoms with Crippen molar-refractivity contribution in [1.29, 1.82) is 0 Å². The van der Waals surface area contributed by atoms with E-state index in [0.29, 0.717) is 23.0 Å². The van der Waals surface area contributed by atoms with E-state index in [0.717, 1.165) is 40.9 Å². The van der Waals surface area contributed by atoms with Crippen molar-refractivity contribution < 1.29 is 9.32 Å². The molecule has 3 heterocycles. The van der Waals surface area contributed by atoms with Crippen molar-refractivity contribution in [1.82, 2.24) is 30.2 Å². The molecule has 0 spiro atoms. The summed E-state index contributed by atoms with van der Waals surface area (Å²) >= 11 is 0. The van der Waals surface area contributed by atoms with Gasteiger partial charge in [-0.05, 0) is 51.2 Å². The van der Waals surface area contributed by atoms with Crippen LogP contribution in [0.4, 0.5) is 0 Å². The Morgan fingerprint density at radius 1 is 1.15 bits per heavy atom. The van der Waals surface area contributed by atoms with E-state index in [9.17, 15) is 4.79 Å². The summed E-state index contributed by atoms with van der Waals surface area (Å²) < 4.78 is 7.41. The number of benzene rings is 1. The van der Waals surface area contributed by atoms with Gasteiger partial charge in [0.15, 0.2) is 11.5 Å². The number of carbonyl (C=O) groups is 1. The fraction of sp³-hybridized carbons (Fsp3) is 0.423. The lowest BCUT2D eigenvalue weighted by Gasteiger charge is -2.19. The van der Waals surface area contributed by atoms with Crippen molar-refractivity contribution in [3.63, 3.8) is 0 Å². The van der Waals surface area contributed by atoms with Crippen molar-refractivity contribution in [2.45, 2.75) is 65.5 Å². The number of aromatic nitrogens is 5. The van der Waals surface area contributed by atoms with Gasteiger partial charge in [0.2, 0.25) is 5.89 Å². The molecule has 1 unspecified atom stereocenters. The molecule has 1 aliphatic rings. The first kappa shape index (κ1) is 22.3. The Hall–Kier alpha value is -3.55. The van der Waals surface area contributed by atoms with Crippen LogP contribution in [0.25, 0.3) is 22.3 Å². The van der Waals surface area contributed by atoms with Crippen LogP contribution in [0, 0.1) is 12.8 Å². The van der Waals surface area contributed by atoms with E-state index in [1.165, 1.54) is 0 Å². The van der Waals surface area contributed by atoms with Crippen LogP contribution in [-0.2, 0) is 0 Å². The molecule has 1 saturated carbocycles. The van der Waals surface area contributed by atoms with Crippen LogP contribution < -0.4 is 5.32 Å². The highest BCUT2D eigenvalue weighted by Crippen LogP contribution is 2.39. The van der Waals surface area contributed by atoms with Crippen molar-refractivity contribution in [3.05, 3.63) is 59.4 Å². The Morgan fingerprint density at radius 3 is 2.59 bits per heavy atom. The summed E-state index contributed by atoms with van der Waals surface area (Å²) in [4.78, 5) is 23.2. The second-order valence-corrected chi connectivity index (χ2v) is 9.75. The van der Waals surface area contributed by atoms with Gasteiger partial charge < -0.3 is 9.84 Å². The van der Waals surface area contributed by atoms with Crippen LogP contribution in [0.2, 0.25) is 0 Å². The molecule has 3 aromatic heterocycles. The van der Waals surface area contributed by atoms with Crippen LogP contribution in [-0.4, -0.2) is 30.8 Å². The molecule has 34 heavy (non-hydrogen) atoms. The van der Waals surface area contributed by atoms with Gasteiger partial charge >= 0.3 is 0 Å². The summed E-state index contributed by atoms with van der Waals surface area (Å²) in [6.07, 6.45) is 3.91. The number of nitrogens with zero attached hydrogens (tertiary/aromatic N) is 5. The van der Waals surface area contributed by atoms with Crippen LogP contribution in [0.3, 0.4) is 0 Å². The van der Waals surface area contributed by atoms with Gasteiger partial charge in [-0.25, -0.2) is 9.67 Å². The van der Waals surface area contributed by atoms with Crippen LogP contribution >= 0.6 is 0 Å². The Morgan fingerprint density at radius 2 is 1.91 bits per heavy atom. The number of rotatable bonds is 7. The smallest absolute Gasteiger partial charge is 0.252 e. The second kappa shape index (κ2) is 8.66. The predicted octanol–water partition coefficient (Wildman–Crippen LogP) is 5.38. The first-order chi connectivity index (χ1) is 16.3. The standard InChI is InChI=1S/C26H30N6O2/c1-14(2)22(26-30-23(31-34-26)17-10-11-17)29-25(33)19-12-21(18-9-7-6-8-16(18)5)28-24-20(19)13-27-32(24)15(3)4/h6-9,12-15,17,22H,10-11H2,1-5H3,(H,29,33). The van der Waals surface area contributed by atoms with Crippen molar-refractivity contribution in [2.24, 2.45) is 5.92 Å². The lowest BCUT2D eigenvalue weighted by Crippen LogP contribution is -2.32. The maximum absolute atomic E-state index is 13.7. The number of pyridine rings is 1. The van der Waals surface area contributed by atoms with Gasteiger partial charge in [0.05, 0.1) is 22.8 Å². The first-order valence-corrected chi connectivity index (χ1v) is 11.9. The molecular weight excluding hydrogens is 428 g/mol. The fourth-order valence-electron chi connectivity index (χ4n) is 4.20. The summed E-state index contributed by atoms with van der Waals surface area (Å²) in [5.41, 5.74) is 4.04. The van der Waals surface area contributed by atoms with Crippen molar-refractivity contribution in [2.75, 3.05) is 0 Å². The van der Waals surface area contributed by atoms with Crippen molar-refractivity contribution in [3.8, 4) is 11.3 Å². The predicted molar refractivity (Wildman–Crippen MR) is 129 cm³/mol. The molecular formula is C26H30N6O2. The third-order valence-electron chi connectivity index (χ3n) is 6.34. The minimum absolute atomic E-state index is 0.0722. The van der Waals surface area contributed by atoms with E-state index in [-0.39, 0.29) is 17.9 Å². The molecule has 8 heteroatoms. The maximum Gasteiger partial charge on any atom is 0.252 e. The lowest BCUT2D eigenvalue weighted by molar-refractivity contribution is 0.0915. The van der Waals surface area contributed by atoms with E-state index in [4.69, 9.17) is 9.51 Å². The molecule has 176 valence electrons. The van der Waals surface area contributed by atoms with E-state index >= 15 is 0 Å². The van der Waals surface area contributed by atoms with E-state index < -0.39 is 6.04 Å². The highest BCUT2D eigenvalue weighted by Gasteiger charge is 2.32. The van der Waals surface area contributed by atoms with Gasteiger partial charge in [0.1, 0.15) is 6.04 Å². The summed E-state index contributed by atoms with van der Waals surface area (Å²) in [7, 11) is 0. The molecule has 4 aromatic rings. The Labute approximate surface area is 198 Å². The topological polar surface area (TPSA) is 98.7 Å². The highest BCUT2D eigenvalue weighted by molar-refractivity contribution is 6.06. The molecule has 5 rings (SSSR count). The van der Waals surface area contributed by atoms with Crippen molar-refractivity contribution >= 4 is 16.9 Å². The van der Waals surface area contributed by atoms with E-state index in [1.54, 1.807) is 6.20 Å². The third kappa shape index (κ3) is 4.08. The molecule has 0 bridgehead atoms.